The summed E-state index contributed by atoms with van der Waals surface area (Å²) in [5.74, 6) is 1.82. The highest BCUT2D eigenvalue weighted by Gasteiger charge is 2.08. The molecule has 0 aliphatic carbocycles. The van der Waals surface area contributed by atoms with Gasteiger partial charge in [-0.2, -0.15) is 0 Å². The molecule has 3 rings (SSSR count). The van der Waals surface area contributed by atoms with Crippen molar-refractivity contribution in [1.82, 2.24) is 5.32 Å². The summed E-state index contributed by atoms with van der Waals surface area (Å²) < 4.78 is 11.7. The summed E-state index contributed by atoms with van der Waals surface area (Å²) in [6.07, 6.45) is 0.186. The minimum absolute atomic E-state index is 0.186. The van der Waals surface area contributed by atoms with Crippen LogP contribution in [0, 0.1) is 6.92 Å². The summed E-state index contributed by atoms with van der Waals surface area (Å²) in [5, 5.41) is 4.16. The Bertz CT molecular complexity index is 770. The van der Waals surface area contributed by atoms with Crippen LogP contribution in [0.5, 0.6) is 5.75 Å². The van der Waals surface area contributed by atoms with Crippen molar-refractivity contribution >= 4 is 11.0 Å². The molecule has 3 nitrogen and oxygen atoms in total. The molecule has 0 aliphatic rings. The average molecular weight is 339 g/mol. The molecule has 134 valence electrons. The number of hydrogen-bond acceptors (Lipinski definition) is 3. The van der Waals surface area contributed by atoms with Crippen molar-refractivity contribution in [3.63, 3.8) is 0 Å². The van der Waals surface area contributed by atoms with Crippen LogP contribution in [-0.2, 0) is 0 Å². The van der Waals surface area contributed by atoms with Gasteiger partial charge in [0.25, 0.3) is 0 Å². The molecule has 0 aliphatic heterocycles. The Hall–Kier alpha value is -2.26. The van der Waals surface area contributed by atoms with Crippen molar-refractivity contribution in [2.24, 2.45) is 0 Å². The molecule has 3 aromatic rings. The van der Waals surface area contributed by atoms with E-state index in [1.807, 2.05) is 51.2 Å². The Morgan fingerprint density at radius 2 is 1.64 bits per heavy atom. The van der Waals surface area contributed by atoms with Gasteiger partial charge in [0.05, 0.1) is 6.10 Å². The van der Waals surface area contributed by atoms with Crippen LogP contribution in [-0.4, -0.2) is 19.2 Å². The van der Waals surface area contributed by atoms with Crippen LogP contribution >= 0.6 is 0 Å². The fraction of sp³-hybridized carbons (Fsp3) is 0.364. The van der Waals surface area contributed by atoms with Gasteiger partial charge in [0.1, 0.15) is 17.1 Å². The van der Waals surface area contributed by atoms with E-state index in [9.17, 15) is 0 Å². The van der Waals surface area contributed by atoms with Gasteiger partial charge in [-0.15, -0.1) is 0 Å². The fourth-order valence-electron chi connectivity index (χ4n) is 2.31. The Kier molecular flexibility index (Phi) is 6.65. The summed E-state index contributed by atoms with van der Waals surface area (Å²) in [7, 11) is 1.95. The van der Waals surface area contributed by atoms with E-state index in [1.54, 1.807) is 0 Å². The maximum atomic E-state index is 5.89. The third-order valence-corrected chi connectivity index (χ3v) is 3.82. The molecule has 1 N–H and O–H groups in total. The van der Waals surface area contributed by atoms with E-state index in [0.29, 0.717) is 6.04 Å². The molecule has 0 spiro atoms. The molecule has 0 bridgehead atoms. The smallest absolute Gasteiger partial charge is 0.135 e. The predicted octanol–water partition coefficient (Wildman–Crippen LogP) is 5.81. The zero-order valence-electron chi connectivity index (χ0n) is 16.1. The van der Waals surface area contributed by atoms with Crippen molar-refractivity contribution in [3.8, 4) is 17.1 Å². The third-order valence-electron chi connectivity index (χ3n) is 3.82. The van der Waals surface area contributed by atoms with E-state index in [-0.39, 0.29) is 6.10 Å². The van der Waals surface area contributed by atoms with Crippen LogP contribution < -0.4 is 10.1 Å². The van der Waals surface area contributed by atoms with Gasteiger partial charge >= 0.3 is 0 Å². The number of fused-ring (bicyclic) bond motifs is 1. The van der Waals surface area contributed by atoms with Crippen LogP contribution in [0.2, 0.25) is 0 Å². The van der Waals surface area contributed by atoms with E-state index >= 15 is 0 Å². The van der Waals surface area contributed by atoms with E-state index in [2.05, 4.69) is 44.3 Å². The van der Waals surface area contributed by atoms with Gasteiger partial charge in [0.15, 0.2) is 0 Å². The summed E-state index contributed by atoms with van der Waals surface area (Å²) in [5.41, 5.74) is 3.12. The minimum atomic E-state index is 0.186. The fourth-order valence-corrected chi connectivity index (χ4v) is 2.31. The van der Waals surface area contributed by atoms with Gasteiger partial charge in [0.2, 0.25) is 0 Å². The Labute approximate surface area is 151 Å². The van der Waals surface area contributed by atoms with Crippen molar-refractivity contribution in [2.45, 2.75) is 46.8 Å². The SMILES string of the molecule is CNC(C)C.Cc1cc(-c2cc3ccccc3o2)ccc1OC(C)C. The zero-order valence-corrected chi connectivity index (χ0v) is 16.1. The predicted molar refractivity (Wildman–Crippen MR) is 106 cm³/mol. The lowest BCUT2D eigenvalue weighted by atomic mass is 10.1. The molecule has 25 heavy (non-hydrogen) atoms. The van der Waals surface area contributed by atoms with Crippen LogP contribution in [0.25, 0.3) is 22.3 Å². The summed E-state index contributed by atoms with van der Waals surface area (Å²) >= 11 is 0. The molecule has 0 unspecified atom stereocenters. The Balaban J connectivity index is 0.000000399. The number of ether oxygens (including phenoxy) is 1. The van der Waals surface area contributed by atoms with Gasteiger partial charge in [0, 0.05) is 17.0 Å². The lowest BCUT2D eigenvalue weighted by molar-refractivity contribution is 0.241. The van der Waals surface area contributed by atoms with E-state index < -0.39 is 0 Å². The van der Waals surface area contributed by atoms with Gasteiger partial charge in [-0.3, -0.25) is 0 Å². The number of para-hydroxylation sites is 1. The zero-order chi connectivity index (χ0) is 18.4. The molecule has 0 radical (unpaired) electrons. The second kappa shape index (κ2) is 8.72. The van der Waals surface area contributed by atoms with Crippen LogP contribution in [0.4, 0.5) is 0 Å². The van der Waals surface area contributed by atoms with Crippen molar-refractivity contribution in [2.75, 3.05) is 7.05 Å². The van der Waals surface area contributed by atoms with Gasteiger partial charge in [-0.25, -0.2) is 0 Å². The lowest BCUT2D eigenvalue weighted by Crippen LogP contribution is -2.15. The van der Waals surface area contributed by atoms with Gasteiger partial charge in [-0.05, 0) is 63.7 Å². The standard InChI is InChI=1S/C18H18O2.C4H11N/c1-12(2)19-16-9-8-15(10-13(16)3)18-11-14-6-4-5-7-17(14)20-18;1-4(2)5-3/h4-12H,1-3H3;4-5H,1-3H3. The number of nitrogens with one attached hydrogen (secondary N) is 1. The molecule has 0 saturated carbocycles. The monoisotopic (exact) mass is 339 g/mol. The van der Waals surface area contributed by atoms with E-state index in [1.165, 1.54) is 0 Å². The summed E-state index contributed by atoms with van der Waals surface area (Å²) in [4.78, 5) is 0. The highest BCUT2D eigenvalue weighted by molar-refractivity contribution is 5.82. The quantitative estimate of drug-likeness (QED) is 0.651. The molecule has 0 atom stereocenters. The third kappa shape index (κ3) is 5.36. The Morgan fingerprint density at radius 3 is 2.20 bits per heavy atom. The van der Waals surface area contributed by atoms with E-state index in [0.717, 1.165) is 33.6 Å². The van der Waals surface area contributed by atoms with E-state index in [4.69, 9.17) is 9.15 Å². The molecular weight excluding hydrogens is 310 g/mol. The van der Waals surface area contributed by atoms with Crippen LogP contribution in [0.3, 0.4) is 0 Å². The van der Waals surface area contributed by atoms with Crippen molar-refractivity contribution < 1.29 is 9.15 Å². The number of furan rings is 1. The molecule has 1 aromatic heterocycles. The first-order valence-electron chi connectivity index (χ1n) is 8.84. The molecular formula is C22H29NO2. The van der Waals surface area contributed by atoms with Crippen molar-refractivity contribution in [1.29, 1.82) is 0 Å². The Morgan fingerprint density at radius 1 is 0.960 bits per heavy atom. The molecule has 2 aromatic carbocycles. The number of benzene rings is 2. The number of rotatable bonds is 4. The maximum absolute atomic E-state index is 5.89. The first-order chi connectivity index (χ1) is 11.9. The normalized spacial score (nSPS) is 10.9. The summed E-state index contributed by atoms with van der Waals surface area (Å²) in [6.45, 7) is 10.4. The largest absolute Gasteiger partial charge is 0.491 e. The second-order valence-electron chi connectivity index (χ2n) is 6.74. The maximum Gasteiger partial charge on any atom is 0.135 e. The van der Waals surface area contributed by atoms with Crippen LogP contribution in [0.15, 0.2) is 52.9 Å². The molecule has 0 saturated heterocycles. The van der Waals surface area contributed by atoms with Crippen molar-refractivity contribution in [3.05, 3.63) is 54.1 Å². The first kappa shape index (κ1) is 19.1. The molecule has 0 fully saturated rings. The number of aryl methyl sites for hydroxylation is 1. The average Bonchev–Trinajstić information content (AvgIpc) is 3.01. The first-order valence-corrected chi connectivity index (χ1v) is 8.84. The number of hydrogen-bond donors (Lipinski definition) is 1. The van der Waals surface area contributed by atoms with Gasteiger partial charge in [-0.1, -0.05) is 32.0 Å². The highest BCUT2D eigenvalue weighted by Crippen LogP contribution is 2.31. The molecule has 3 heteroatoms. The summed E-state index contributed by atoms with van der Waals surface area (Å²) in [6, 6.07) is 16.9. The van der Waals surface area contributed by atoms with Crippen LogP contribution in [0.1, 0.15) is 33.3 Å². The molecule has 0 amide bonds. The topological polar surface area (TPSA) is 34.4 Å². The second-order valence-corrected chi connectivity index (χ2v) is 6.74. The lowest BCUT2D eigenvalue weighted by Gasteiger charge is -2.12. The highest BCUT2D eigenvalue weighted by atomic mass is 16.5. The van der Waals surface area contributed by atoms with Gasteiger partial charge < -0.3 is 14.5 Å². The molecule has 1 heterocycles. The minimum Gasteiger partial charge on any atom is -0.491 e.